The number of hydrogen-bond donors (Lipinski definition) is 1. The van der Waals surface area contributed by atoms with Crippen LogP contribution in [0.3, 0.4) is 0 Å². The molecule has 1 aromatic rings. The average Bonchev–Trinajstić information content (AvgIpc) is 2.47. The molecule has 5 nitrogen and oxygen atoms in total. The predicted octanol–water partition coefficient (Wildman–Crippen LogP) is 3.36. The number of rotatable bonds is 5. The van der Waals surface area contributed by atoms with Gasteiger partial charge in [-0.1, -0.05) is 11.6 Å². The summed E-state index contributed by atoms with van der Waals surface area (Å²) in [6, 6.07) is 2.49. The van der Waals surface area contributed by atoms with Crippen LogP contribution in [0.5, 0.6) is 0 Å². The van der Waals surface area contributed by atoms with Gasteiger partial charge in [0.1, 0.15) is 11.5 Å². The molecule has 0 spiro atoms. The molecule has 1 aliphatic heterocycles. The zero-order valence-corrected chi connectivity index (χ0v) is 12.7. The van der Waals surface area contributed by atoms with E-state index in [9.17, 15) is 14.5 Å². The molecule has 1 aliphatic rings. The van der Waals surface area contributed by atoms with Gasteiger partial charge in [-0.2, -0.15) is 0 Å². The Hall–Kier alpha value is -1.40. The Bertz CT molecular complexity index is 527. The van der Waals surface area contributed by atoms with E-state index in [0.29, 0.717) is 12.2 Å². The van der Waals surface area contributed by atoms with Gasteiger partial charge in [-0.15, -0.1) is 0 Å². The van der Waals surface area contributed by atoms with Crippen molar-refractivity contribution in [3.63, 3.8) is 0 Å². The highest BCUT2D eigenvalue weighted by atomic mass is 35.5. The fraction of sp³-hybridized carbons (Fsp3) is 0.571. The van der Waals surface area contributed by atoms with Crippen LogP contribution in [-0.4, -0.2) is 31.1 Å². The first-order valence-electron chi connectivity index (χ1n) is 7.09. The van der Waals surface area contributed by atoms with E-state index >= 15 is 0 Å². The minimum atomic E-state index is -0.616. The number of nitrogens with zero attached hydrogens (tertiary/aromatic N) is 2. The summed E-state index contributed by atoms with van der Waals surface area (Å²) in [6.07, 6.45) is 3.88. The van der Waals surface area contributed by atoms with Gasteiger partial charge >= 0.3 is 0 Å². The van der Waals surface area contributed by atoms with Gasteiger partial charge in [0.05, 0.1) is 9.95 Å². The molecule has 7 heteroatoms. The van der Waals surface area contributed by atoms with E-state index in [4.69, 9.17) is 11.6 Å². The normalized spacial score (nSPS) is 18.8. The van der Waals surface area contributed by atoms with Crippen LogP contribution < -0.4 is 10.2 Å². The van der Waals surface area contributed by atoms with Crippen LogP contribution in [0.1, 0.15) is 25.7 Å². The fourth-order valence-electron chi connectivity index (χ4n) is 2.83. The highest BCUT2D eigenvalue weighted by Crippen LogP contribution is 2.37. The number of piperidine rings is 1. The lowest BCUT2D eigenvalue weighted by Gasteiger charge is -2.37. The third-order valence-electron chi connectivity index (χ3n) is 3.88. The molecular weight excluding hydrogens is 297 g/mol. The Kier molecular flexibility index (Phi) is 5.36. The lowest BCUT2D eigenvalue weighted by molar-refractivity contribution is -0.384. The van der Waals surface area contributed by atoms with E-state index in [1.807, 2.05) is 11.9 Å². The zero-order chi connectivity index (χ0) is 15.4. The highest BCUT2D eigenvalue weighted by Gasteiger charge is 2.29. The summed E-state index contributed by atoms with van der Waals surface area (Å²) in [7, 11) is 1.87. The average molecular weight is 316 g/mol. The van der Waals surface area contributed by atoms with Crippen molar-refractivity contribution in [1.29, 1.82) is 0 Å². The van der Waals surface area contributed by atoms with Crippen LogP contribution >= 0.6 is 11.6 Å². The maximum absolute atomic E-state index is 13.8. The Morgan fingerprint density at radius 3 is 2.95 bits per heavy atom. The van der Waals surface area contributed by atoms with Gasteiger partial charge in [0, 0.05) is 24.7 Å². The summed E-state index contributed by atoms with van der Waals surface area (Å²) < 4.78 is 13.8. The molecule has 0 bridgehead atoms. The van der Waals surface area contributed by atoms with Crippen molar-refractivity contribution in [3.8, 4) is 0 Å². The van der Waals surface area contributed by atoms with E-state index in [2.05, 4.69) is 5.32 Å². The largest absolute Gasteiger partial charge is 0.363 e. The summed E-state index contributed by atoms with van der Waals surface area (Å²) in [5.41, 5.74) is 0.209. The molecule has 0 saturated carbocycles. The highest BCUT2D eigenvalue weighted by molar-refractivity contribution is 6.31. The first kappa shape index (κ1) is 16.0. The maximum Gasteiger partial charge on any atom is 0.294 e. The number of halogens is 2. The van der Waals surface area contributed by atoms with Crippen molar-refractivity contribution in [2.24, 2.45) is 0 Å². The number of anilines is 1. The molecule has 0 amide bonds. The molecule has 1 unspecified atom stereocenters. The molecule has 0 radical (unpaired) electrons. The van der Waals surface area contributed by atoms with E-state index in [0.717, 1.165) is 38.3 Å². The topological polar surface area (TPSA) is 58.4 Å². The molecular formula is C14H19ClFN3O2. The molecule has 1 heterocycles. The fourth-order valence-corrected chi connectivity index (χ4v) is 2.99. The maximum atomic E-state index is 13.8. The van der Waals surface area contributed by atoms with Crippen LogP contribution in [0.25, 0.3) is 0 Å². The summed E-state index contributed by atoms with van der Waals surface area (Å²) in [4.78, 5) is 12.7. The molecule has 116 valence electrons. The van der Waals surface area contributed by atoms with Crippen LogP contribution in [0.2, 0.25) is 5.02 Å². The van der Waals surface area contributed by atoms with Crippen molar-refractivity contribution in [3.05, 3.63) is 33.1 Å². The van der Waals surface area contributed by atoms with Gasteiger partial charge in [-0.25, -0.2) is 4.39 Å². The van der Waals surface area contributed by atoms with Crippen LogP contribution in [0.15, 0.2) is 12.1 Å². The Morgan fingerprint density at radius 2 is 2.29 bits per heavy atom. The van der Waals surface area contributed by atoms with Crippen molar-refractivity contribution >= 4 is 23.0 Å². The van der Waals surface area contributed by atoms with E-state index < -0.39 is 10.7 Å². The molecule has 1 saturated heterocycles. The predicted molar refractivity (Wildman–Crippen MR) is 81.6 cm³/mol. The van der Waals surface area contributed by atoms with Crippen molar-refractivity contribution in [2.75, 3.05) is 25.0 Å². The minimum Gasteiger partial charge on any atom is -0.363 e. The van der Waals surface area contributed by atoms with Crippen molar-refractivity contribution < 1.29 is 9.31 Å². The van der Waals surface area contributed by atoms with E-state index in [1.54, 1.807) is 0 Å². The molecule has 2 rings (SSSR count). The second-order valence-corrected chi connectivity index (χ2v) is 5.65. The monoisotopic (exact) mass is 315 g/mol. The van der Waals surface area contributed by atoms with Crippen molar-refractivity contribution in [1.82, 2.24) is 5.32 Å². The first-order chi connectivity index (χ1) is 10.0. The third-order valence-corrected chi connectivity index (χ3v) is 4.17. The molecule has 21 heavy (non-hydrogen) atoms. The number of benzene rings is 1. The Morgan fingerprint density at radius 1 is 1.52 bits per heavy atom. The van der Waals surface area contributed by atoms with Crippen LogP contribution in [0.4, 0.5) is 15.8 Å². The Labute approximate surface area is 128 Å². The molecule has 1 atom stereocenters. The zero-order valence-electron chi connectivity index (χ0n) is 11.9. The summed E-state index contributed by atoms with van der Waals surface area (Å²) in [5.74, 6) is -0.616. The summed E-state index contributed by atoms with van der Waals surface area (Å²) in [5, 5.41) is 14.1. The number of nitro benzene ring substituents is 1. The van der Waals surface area contributed by atoms with Crippen molar-refractivity contribution in [2.45, 2.75) is 31.7 Å². The Balaban J connectivity index is 2.37. The molecule has 0 aromatic heterocycles. The number of nitro groups is 1. The van der Waals surface area contributed by atoms with Gasteiger partial charge in [-0.3, -0.25) is 10.1 Å². The quantitative estimate of drug-likeness (QED) is 0.668. The van der Waals surface area contributed by atoms with Gasteiger partial charge in [0.25, 0.3) is 5.69 Å². The van der Waals surface area contributed by atoms with Gasteiger partial charge in [-0.05, 0) is 39.3 Å². The summed E-state index contributed by atoms with van der Waals surface area (Å²) >= 11 is 5.68. The molecule has 1 fully saturated rings. The van der Waals surface area contributed by atoms with Gasteiger partial charge < -0.3 is 10.2 Å². The second-order valence-electron chi connectivity index (χ2n) is 5.25. The minimum absolute atomic E-state index is 0.127. The lowest BCUT2D eigenvalue weighted by Crippen LogP contribution is -2.41. The summed E-state index contributed by atoms with van der Waals surface area (Å²) in [6.45, 7) is 1.53. The third kappa shape index (κ3) is 3.63. The first-order valence-corrected chi connectivity index (χ1v) is 7.47. The number of nitrogens with one attached hydrogen (secondary N) is 1. The molecule has 1 N–H and O–H groups in total. The second kappa shape index (κ2) is 7.04. The molecule has 1 aromatic carbocycles. The smallest absolute Gasteiger partial charge is 0.294 e. The molecule has 0 aliphatic carbocycles. The van der Waals surface area contributed by atoms with Gasteiger partial charge in [0.15, 0.2) is 0 Å². The standard InChI is InChI=1S/C14H19ClFN3O2/c1-17-6-5-10-4-2-3-7-18(10)13-9-12(16)11(15)8-14(13)19(20)21/h8-10,17H,2-7H2,1H3. The van der Waals surface area contributed by atoms with Gasteiger partial charge in [0.2, 0.25) is 0 Å². The lowest BCUT2D eigenvalue weighted by atomic mass is 9.98. The SMILES string of the molecule is CNCCC1CCCCN1c1cc(F)c(Cl)cc1[N+](=O)[O-]. The van der Waals surface area contributed by atoms with E-state index in [1.165, 1.54) is 6.07 Å². The van der Waals surface area contributed by atoms with Crippen LogP contribution in [0, 0.1) is 15.9 Å². The number of hydrogen-bond acceptors (Lipinski definition) is 4. The van der Waals surface area contributed by atoms with Crippen LogP contribution in [-0.2, 0) is 0 Å². The van der Waals surface area contributed by atoms with E-state index in [-0.39, 0.29) is 16.8 Å².